The molecule has 144 valence electrons. The predicted octanol–water partition coefficient (Wildman–Crippen LogP) is 4.02. The summed E-state index contributed by atoms with van der Waals surface area (Å²) in [5, 5.41) is 12.3. The van der Waals surface area contributed by atoms with Crippen molar-refractivity contribution in [2.45, 2.75) is 25.7 Å². The van der Waals surface area contributed by atoms with E-state index in [1.165, 1.54) is 12.1 Å². The van der Waals surface area contributed by atoms with Crippen molar-refractivity contribution in [2.75, 3.05) is 20.3 Å². The molecule has 0 radical (unpaired) electrons. The van der Waals surface area contributed by atoms with E-state index in [2.05, 4.69) is 5.32 Å². The summed E-state index contributed by atoms with van der Waals surface area (Å²) < 4.78 is 11.1. The summed E-state index contributed by atoms with van der Waals surface area (Å²) in [6, 6.07) is 14.0. The second-order valence-corrected chi connectivity index (χ2v) is 7.13. The molecule has 0 heterocycles. The fourth-order valence-electron chi connectivity index (χ4n) is 3.46. The maximum Gasteiger partial charge on any atom is 0.251 e. The van der Waals surface area contributed by atoms with Crippen LogP contribution in [0.3, 0.4) is 0 Å². The Balaban J connectivity index is 1.37. The molecule has 1 aliphatic rings. The second-order valence-electron chi connectivity index (χ2n) is 7.13. The molecular formula is C22H27NO4. The maximum absolute atomic E-state index is 12.2. The van der Waals surface area contributed by atoms with E-state index < -0.39 is 0 Å². The first-order valence-corrected chi connectivity index (χ1v) is 9.48. The average Bonchev–Trinajstić information content (AvgIpc) is 2.72. The molecule has 0 unspecified atom stereocenters. The lowest BCUT2D eigenvalue weighted by molar-refractivity contribution is 0.0938. The van der Waals surface area contributed by atoms with Gasteiger partial charge in [0.15, 0.2) is 0 Å². The summed E-state index contributed by atoms with van der Waals surface area (Å²) in [6.45, 7) is 1.42. The van der Waals surface area contributed by atoms with Crippen LogP contribution in [0, 0.1) is 11.8 Å². The van der Waals surface area contributed by atoms with Gasteiger partial charge in [0.1, 0.15) is 17.2 Å². The number of phenolic OH excluding ortho intramolecular Hbond substituents is 1. The smallest absolute Gasteiger partial charge is 0.251 e. The number of ether oxygens (including phenoxy) is 2. The Labute approximate surface area is 160 Å². The van der Waals surface area contributed by atoms with Crippen LogP contribution < -0.4 is 14.8 Å². The molecule has 0 atom stereocenters. The third-order valence-corrected chi connectivity index (χ3v) is 5.17. The number of methoxy groups -OCH3 is 1. The number of hydrogen-bond acceptors (Lipinski definition) is 4. The fourth-order valence-corrected chi connectivity index (χ4v) is 3.46. The van der Waals surface area contributed by atoms with Gasteiger partial charge in [-0.1, -0.05) is 6.07 Å². The number of carbonyl (C=O) groups is 1. The van der Waals surface area contributed by atoms with Crippen molar-refractivity contribution >= 4 is 5.91 Å². The van der Waals surface area contributed by atoms with Crippen molar-refractivity contribution < 1.29 is 19.4 Å². The number of nitrogens with one attached hydrogen (secondary N) is 1. The van der Waals surface area contributed by atoms with Gasteiger partial charge in [-0.25, -0.2) is 0 Å². The summed E-state index contributed by atoms with van der Waals surface area (Å²) in [5.74, 6) is 2.80. The zero-order valence-corrected chi connectivity index (χ0v) is 15.7. The number of benzene rings is 2. The zero-order valence-electron chi connectivity index (χ0n) is 15.7. The first kappa shape index (κ1) is 19.1. The van der Waals surface area contributed by atoms with Crippen LogP contribution in [0.25, 0.3) is 0 Å². The Morgan fingerprint density at radius 1 is 1.04 bits per heavy atom. The quantitative estimate of drug-likeness (QED) is 0.774. The molecule has 2 aromatic carbocycles. The van der Waals surface area contributed by atoms with E-state index in [-0.39, 0.29) is 11.7 Å². The molecule has 1 fully saturated rings. The third kappa shape index (κ3) is 5.64. The Hall–Kier alpha value is -2.69. The highest BCUT2D eigenvalue weighted by Crippen LogP contribution is 2.29. The van der Waals surface area contributed by atoms with Crippen molar-refractivity contribution in [2.24, 2.45) is 11.8 Å². The van der Waals surface area contributed by atoms with Gasteiger partial charge in [0.2, 0.25) is 0 Å². The van der Waals surface area contributed by atoms with Crippen LogP contribution in [0.4, 0.5) is 0 Å². The third-order valence-electron chi connectivity index (χ3n) is 5.17. The minimum atomic E-state index is -0.0847. The van der Waals surface area contributed by atoms with Crippen LogP contribution in [0.2, 0.25) is 0 Å². The second kappa shape index (κ2) is 9.31. The van der Waals surface area contributed by atoms with Crippen LogP contribution in [-0.2, 0) is 0 Å². The van der Waals surface area contributed by atoms with Gasteiger partial charge in [0, 0.05) is 18.2 Å². The first-order chi connectivity index (χ1) is 13.1. The van der Waals surface area contributed by atoms with Gasteiger partial charge in [-0.15, -0.1) is 0 Å². The topological polar surface area (TPSA) is 67.8 Å². The van der Waals surface area contributed by atoms with E-state index in [0.717, 1.165) is 43.8 Å². The van der Waals surface area contributed by atoms with Gasteiger partial charge in [-0.05, 0) is 73.9 Å². The normalized spacial score (nSPS) is 19.3. The highest BCUT2D eigenvalue weighted by Gasteiger charge is 2.22. The van der Waals surface area contributed by atoms with Crippen LogP contribution in [0.1, 0.15) is 36.0 Å². The summed E-state index contributed by atoms with van der Waals surface area (Å²) in [4.78, 5) is 12.2. The highest BCUT2D eigenvalue weighted by atomic mass is 16.5. The number of phenols is 1. The van der Waals surface area contributed by atoms with Gasteiger partial charge in [-0.3, -0.25) is 4.79 Å². The molecule has 2 aromatic rings. The summed E-state index contributed by atoms with van der Waals surface area (Å²) in [7, 11) is 1.65. The molecule has 5 heteroatoms. The molecule has 3 rings (SSSR count). The number of aromatic hydroxyl groups is 1. The Bertz CT molecular complexity index is 736. The predicted molar refractivity (Wildman–Crippen MR) is 104 cm³/mol. The summed E-state index contributed by atoms with van der Waals surface area (Å²) in [5.41, 5.74) is 0.577. The van der Waals surface area contributed by atoms with Crippen molar-refractivity contribution in [3.05, 3.63) is 54.1 Å². The Kier molecular flexibility index (Phi) is 6.58. The standard InChI is InChI=1S/C22H27NO4/c1-26-20-3-2-4-21(13-20)27-15-17-7-5-16(6-8-17)14-23-22(25)18-9-11-19(24)12-10-18/h2-4,9-13,16-17,24H,5-8,14-15H2,1H3,(H,23,25). The molecule has 0 bridgehead atoms. The minimum absolute atomic E-state index is 0.0847. The summed E-state index contributed by atoms with van der Waals surface area (Å²) >= 11 is 0. The molecule has 1 saturated carbocycles. The molecular weight excluding hydrogens is 342 g/mol. The van der Waals surface area contributed by atoms with E-state index in [1.807, 2.05) is 24.3 Å². The van der Waals surface area contributed by atoms with Crippen molar-refractivity contribution in [3.8, 4) is 17.2 Å². The van der Waals surface area contributed by atoms with Gasteiger partial charge in [0.05, 0.1) is 13.7 Å². The van der Waals surface area contributed by atoms with Gasteiger partial charge >= 0.3 is 0 Å². The number of carbonyl (C=O) groups excluding carboxylic acids is 1. The van der Waals surface area contributed by atoms with Crippen molar-refractivity contribution in [1.82, 2.24) is 5.32 Å². The number of rotatable bonds is 7. The lowest BCUT2D eigenvalue weighted by atomic mass is 9.82. The lowest BCUT2D eigenvalue weighted by Crippen LogP contribution is -2.32. The number of amides is 1. The van der Waals surface area contributed by atoms with E-state index >= 15 is 0 Å². The first-order valence-electron chi connectivity index (χ1n) is 9.48. The largest absolute Gasteiger partial charge is 0.508 e. The lowest BCUT2D eigenvalue weighted by Gasteiger charge is -2.28. The van der Waals surface area contributed by atoms with Gasteiger partial charge in [-0.2, -0.15) is 0 Å². The van der Waals surface area contributed by atoms with Crippen LogP contribution in [0.15, 0.2) is 48.5 Å². The molecule has 2 N–H and O–H groups in total. The molecule has 0 spiro atoms. The molecule has 1 aliphatic carbocycles. The zero-order chi connectivity index (χ0) is 19.1. The minimum Gasteiger partial charge on any atom is -0.508 e. The molecule has 27 heavy (non-hydrogen) atoms. The molecule has 0 saturated heterocycles. The van der Waals surface area contributed by atoms with Gasteiger partial charge < -0.3 is 19.9 Å². The van der Waals surface area contributed by atoms with Crippen LogP contribution in [0.5, 0.6) is 17.2 Å². The fraction of sp³-hybridized carbons (Fsp3) is 0.409. The van der Waals surface area contributed by atoms with Crippen molar-refractivity contribution in [1.29, 1.82) is 0 Å². The van der Waals surface area contributed by atoms with Crippen LogP contribution in [-0.4, -0.2) is 31.3 Å². The SMILES string of the molecule is COc1cccc(OCC2CCC(CNC(=O)c3ccc(O)cc3)CC2)c1. The average molecular weight is 369 g/mol. The van der Waals surface area contributed by atoms with E-state index in [0.29, 0.717) is 23.9 Å². The number of hydrogen-bond donors (Lipinski definition) is 2. The molecule has 1 amide bonds. The van der Waals surface area contributed by atoms with Gasteiger partial charge in [0.25, 0.3) is 5.91 Å². The Morgan fingerprint density at radius 2 is 1.70 bits per heavy atom. The van der Waals surface area contributed by atoms with Crippen molar-refractivity contribution in [3.63, 3.8) is 0 Å². The monoisotopic (exact) mass is 369 g/mol. The molecule has 5 nitrogen and oxygen atoms in total. The maximum atomic E-state index is 12.2. The van der Waals surface area contributed by atoms with Crippen LogP contribution >= 0.6 is 0 Å². The summed E-state index contributed by atoms with van der Waals surface area (Å²) in [6.07, 6.45) is 4.43. The molecule has 0 aliphatic heterocycles. The highest BCUT2D eigenvalue weighted by molar-refractivity contribution is 5.94. The van der Waals surface area contributed by atoms with E-state index in [4.69, 9.17) is 9.47 Å². The van der Waals surface area contributed by atoms with E-state index in [1.54, 1.807) is 19.2 Å². The molecule has 0 aromatic heterocycles. The van der Waals surface area contributed by atoms with E-state index in [9.17, 15) is 9.90 Å². The Morgan fingerprint density at radius 3 is 2.41 bits per heavy atom.